The molecule has 0 radical (unpaired) electrons. The van der Waals surface area contributed by atoms with E-state index in [0.29, 0.717) is 52.4 Å². The number of anilines is 4. The molecule has 0 aromatic heterocycles. The smallest absolute Gasteiger partial charge is 0.255 e. The van der Waals surface area contributed by atoms with E-state index >= 15 is 0 Å². The number of benzene rings is 8. The summed E-state index contributed by atoms with van der Waals surface area (Å²) in [5.41, 5.74) is 6.30. The quantitative estimate of drug-likeness (QED) is 0.0708. The van der Waals surface area contributed by atoms with Crippen molar-refractivity contribution >= 4 is 46.4 Å². The number of aliphatic hydroxyl groups is 4. The van der Waals surface area contributed by atoms with Crippen LogP contribution in [0, 0.1) is 0 Å². The monoisotopic (exact) mass is 1520 g/mol. The predicted octanol–water partition coefficient (Wildman–Crippen LogP) is 12.0. The van der Waals surface area contributed by atoms with E-state index in [9.17, 15) is 39.6 Å². The number of likely N-dealkylation sites (tertiary alicyclic amines) is 4. The van der Waals surface area contributed by atoms with Crippen molar-refractivity contribution < 1.29 is 58.6 Å². The van der Waals surface area contributed by atoms with Crippen molar-refractivity contribution in [3.05, 3.63) is 265 Å². The number of hydrogen-bond donors (Lipinski definition) is 4. The van der Waals surface area contributed by atoms with Gasteiger partial charge in [-0.2, -0.15) is 0 Å². The lowest BCUT2D eigenvalue weighted by atomic mass is 9.88. The molecular formula is C92H112N8O12. The molecule has 8 heterocycles. The van der Waals surface area contributed by atoms with Crippen LogP contribution in [0.25, 0.3) is 0 Å². The van der Waals surface area contributed by atoms with Crippen molar-refractivity contribution in [2.75, 3.05) is 124 Å². The first-order valence-corrected chi connectivity index (χ1v) is 40.2. The van der Waals surface area contributed by atoms with Crippen LogP contribution >= 0.6 is 0 Å². The summed E-state index contributed by atoms with van der Waals surface area (Å²) in [5.74, 6) is 0.106. The van der Waals surface area contributed by atoms with E-state index in [4.69, 9.17) is 18.9 Å². The van der Waals surface area contributed by atoms with Crippen molar-refractivity contribution in [2.24, 2.45) is 0 Å². The van der Waals surface area contributed by atoms with Gasteiger partial charge in [0.15, 0.2) is 0 Å². The molecule has 20 nitrogen and oxygen atoms in total. The van der Waals surface area contributed by atoms with E-state index in [-0.39, 0.29) is 46.0 Å². The van der Waals surface area contributed by atoms with Crippen LogP contribution in [0.5, 0.6) is 0 Å². The maximum atomic E-state index is 12.7. The van der Waals surface area contributed by atoms with Gasteiger partial charge in [0.2, 0.25) is 0 Å². The fourth-order valence-electron chi connectivity index (χ4n) is 17.3. The van der Waals surface area contributed by atoms with Gasteiger partial charge in [-0.3, -0.25) is 19.2 Å². The van der Waals surface area contributed by atoms with E-state index in [0.717, 1.165) is 149 Å². The number of rotatable bonds is 16. The average molecular weight is 1520 g/mol. The molecular weight excluding hydrogens is 1410 g/mol. The summed E-state index contributed by atoms with van der Waals surface area (Å²) < 4.78 is 24.9. The van der Waals surface area contributed by atoms with Gasteiger partial charge in [0.05, 0.1) is 73.0 Å². The summed E-state index contributed by atoms with van der Waals surface area (Å²) >= 11 is 0. The molecule has 0 saturated carbocycles. The Morgan fingerprint density at radius 3 is 0.580 bits per heavy atom. The highest BCUT2D eigenvalue weighted by Gasteiger charge is 2.50. The van der Waals surface area contributed by atoms with Crippen molar-refractivity contribution in [3.8, 4) is 0 Å². The minimum absolute atomic E-state index is 0.0266. The Hall–Kier alpha value is -8.84. The number of β-amino-alcohol motifs (C(OH)–C–C–N with tert-alkyl or cyclic N) is 4. The molecule has 20 heteroatoms. The van der Waals surface area contributed by atoms with Crippen molar-refractivity contribution in [1.29, 1.82) is 0 Å². The molecule has 8 aromatic rings. The molecule has 0 bridgehead atoms. The van der Waals surface area contributed by atoms with Crippen LogP contribution in [-0.2, 0) is 38.1 Å². The molecule has 592 valence electrons. The normalized spacial score (nSPS) is 23.7. The number of piperidine rings is 4. The number of carbonyl (C=O) groups is 4. The van der Waals surface area contributed by atoms with E-state index in [2.05, 4.69) is 19.6 Å². The Balaban J connectivity index is 0.000000131. The number of aliphatic hydroxyl groups excluding tert-OH is 4. The molecule has 8 fully saturated rings. The second kappa shape index (κ2) is 37.4. The number of morpholine rings is 4. The van der Waals surface area contributed by atoms with Gasteiger partial charge in [-0.15, -0.1) is 0 Å². The summed E-state index contributed by atoms with van der Waals surface area (Å²) in [6, 6.07) is 78.6. The van der Waals surface area contributed by atoms with Gasteiger partial charge in [0, 0.05) is 101 Å². The van der Waals surface area contributed by atoms with Gasteiger partial charge in [-0.05, 0) is 150 Å². The van der Waals surface area contributed by atoms with Crippen LogP contribution in [0.2, 0.25) is 0 Å². The van der Waals surface area contributed by atoms with Crippen LogP contribution < -0.4 is 19.6 Å². The third-order valence-corrected chi connectivity index (χ3v) is 23.7. The number of ether oxygens (including phenoxy) is 4. The molecule has 4 N–H and O–H groups in total. The number of hydrogen-bond acceptors (Lipinski definition) is 16. The van der Waals surface area contributed by atoms with Crippen LogP contribution in [0.3, 0.4) is 0 Å². The lowest BCUT2D eigenvalue weighted by molar-refractivity contribution is -0.162. The van der Waals surface area contributed by atoms with Crippen molar-refractivity contribution in [3.63, 3.8) is 0 Å². The van der Waals surface area contributed by atoms with Crippen molar-refractivity contribution in [2.45, 2.75) is 150 Å². The standard InChI is InChI=1S/4C23H28N2O3/c4*1-18-22(27)25(20-10-6-3-7-11-20)17-23(28-18)12-14-24(15-13-23)16-21(26)19-8-4-2-5-9-19/h4*2-11,18,21,26H,12-17H2,1H3/t2*18-,21+;2*18-,21-/m1010/s1. The summed E-state index contributed by atoms with van der Waals surface area (Å²) in [6.07, 6.45) is 3.18. The zero-order valence-electron chi connectivity index (χ0n) is 65.3. The molecule has 8 atom stereocenters. The maximum absolute atomic E-state index is 12.7. The van der Waals surface area contributed by atoms with E-state index < -0.39 is 48.8 Å². The molecule has 112 heavy (non-hydrogen) atoms. The molecule has 16 rings (SSSR count). The first-order valence-electron chi connectivity index (χ1n) is 40.2. The lowest BCUT2D eigenvalue weighted by Crippen LogP contribution is -2.61. The van der Waals surface area contributed by atoms with E-state index in [1.54, 1.807) is 0 Å². The summed E-state index contributed by atoms with van der Waals surface area (Å²) in [6.45, 7) is 19.1. The van der Waals surface area contributed by atoms with Crippen LogP contribution in [-0.4, -0.2) is 215 Å². The number of amides is 4. The van der Waals surface area contributed by atoms with Crippen molar-refractivity contribution in [1.82, 2.24) is 19.6 Å². The van der Waals surface area contributed by atoms with Gasteiger partial charge in [0.1, 0.15) is 24.4 Å². The lowest BCUT2D eigenvalue weighted by Gasteiger charge is -2.49. The molecule has 8 saturated heterocycles. The van der Waals surface area contributed by atoms with Crippen LogP contribution in [0.15, 0.2) is 243 Å². The molecule has 8 aromatic carbocycles. The SMILES string of the molecule is C[C@@H]1OC2(CCN(C[C@@H](O)c3ccccc3)CC2)CN(c2ccccc2)C1=O.C[C@@H]1OC2(CCN(C[C@H](O)c3ccccc3)CC2)CN(c2ccccc2)C1=O.C[C@H]1OC2(CCN(C[C@@H](O)c3ccccc3)CC2)CN(c2ccccc2)C1=O.C[C@H]1OC2(CCN(C[C@H](O)c3ccccc3)CC2)CN(c2ccccc2)C1=O. The second-order valence-corrected chi connectivity index (χ2v) is 31.7. The first kappa shape index (κ1) is 81.2. The van der Waals surface area contributed by atoms with E-state index in [1.807, 2.05) is 290 Å². The third kappa shape index (κ3) is 20.4. The minimum atomic E-state index is -0.483. The minimum Gasteiger partial charge on any atom is -0.387 e. The zero-order valence-corrected chi connectivity index (χ0v) is 65.3. The molecule has 0 aliphatic carbocycles. The third-order valence-electron chi connectivity index (χ3n) is 23.7. The summed E-state index contributed by atoms with van der Waals surface area (Å²) in [5, 5.41) is 42.1. The Labute approximate surface area is 660 Å². The number of carbonyl (C=O) groups excluding carboxylic acids is 4. The van der Waals surface area contributed by atoms with Gasteiger partial charge in [-0.25, -0.2) is 0 Å². The predicted molar refractivity (Wildman–Crippen MR) is 437 cm³/mol. The Kier molecular flexibility index (Phi) is 27.1. The fraction of sp³-hybridized carbons (Fsp3) is 0.435. The first-order chi connectivity index (χ1) is 54.2. The molecule has 8 aliphatic heterocycles. The topological polar surface area (TPSA) is 212 Å². The van der Waals surface area contributed by atoms with Crippen LogP contribution in [0.1, 0.15) is 126 Å². The number of nitrogens with zero attached hydrogens (tertiary/aromatic N) is 8. The molecule has 0 unspecified atom stereocenters. The highest BCUT2D eigenvalue weighted by atomic mass is 16.5. The molecule has 4 amide bonds. The average Bonchev–Trinajstić information content (AvgIpc) is 0.788. The second-order valence-electron chi connectivity index (χ2n) is 31.7. The molecule has 8 aliphatic rings. The summed E-state index contributed by atoms with van der Waals surface area (Å²) in [7, 11) is 0. The van der Waals surface area contributed by atoms with Gasteiger partial charge >= 0.3 is 0 Å². The Morgan fingerprint density at radius 1 is 0.268 bits per heavy atom. The summed E-state index contributed by atoms with van der Waals surface area (Å²) in [4.78, 5) is 67.4. The van der Waals surface area contributed by atoms with Gasteiger partial charge in [0.25, 0.3) is 23.6 Å². The highest BCUT2D eigenvalue weighted by Crippen LogP contribution is 2.41. The molecule has 4 spiro atoms. The van der Waals surface area contributed by atoms with Crippen LogP contribution in [0.4, 0.5) is 22.7 Å². The van der Waals surface area contributed by atoms with Gasteiger partial charge in [-0.1, -0.05) is 194 Å². The Bertz CT molecular complexity index is 3700. The van der Waals surface area contributed by atoms with E-state index in [1.165, 1.54) is 0 Å². The fourth-order valence-corrected chi connectivity index (χ4v) is 17.3. The Morgan fingerprint density at radius 2 is 0.420 bits per heavy atom. The number of para-hydroxylation sites is 4. The van der Waals surface area contributed by atoms with Gasteiger partial charge < -0.3 is 78.6 Å². The highest BCUT2D eigenvalue weighted by molar-refractivity contribution is 5.99. The maximum Gasteiger partial charge on any atom is 0.255 e. The largest absolute Gasteiger partial charge is 0.387 e. The zero-order chi connectivity index (χ0) is 78.2.